The highest BCUT2D eigenvalue weighted by Gasteiger charge is 2.33. The van der Waals surface area contributed by atoms with Crippen LogP contribution < -0.4 is 5.14 Å². The molecular weight excluding hydrogens is 268 g/mol. The van der Waals surface area contributed by atoms with Crippen molar-refractivity contribution in [1.82, 2.24) is 14.8 Å². The Labute approximate surface area is 98.8 Å². The third kappa shape index (κ3) is 2.33. The molecule has 0 saturated carbocycles. The zero-order chi connectivity index (χ0) is 12.8. The lowest BCUT2D eigenvalue weighted by atomic mass is 10.1. The van der Waals surface area contributed by atoms with Crippen LogP contribution in [-0.4, -0.2) is 43.1 Å². The van der Waals surface area contributed by atoms with Crippen LogP contribution in [0, 0.1) is 0 Å². The smallest absolute Gasteiger partial charge is 0.273 e. The molecule has 1 aliphatic heterocycles. The molecule has 96 valence electrons. The largest absolute Gasteiger partial charge is 0.304 e. The van der Waals surface area contributed by atoms with Crippen molar-refractivity contribution in [3.8, 4) is 0 Å². The third-order valence-electron chi connectivity index (χ3n) is 2.72. The van der Waals surface area contributed by atoms with E-state index in [1.807, 2.05) is 0 Å². The van der Waals surface area contributed by atoms with Crippen molar-refractivity contribution in [3.63, 3.8) is 0 Å². The molecule has 2 heterocycles. The summed E-state index contributed by atoms with van der Waals surface area (Å²) in [6, 6.07) is 0. The first-order chi connectivity index (χ1) is 7.71. The van der Waals surface area contributed by atoms with Crippen molar-refractivity contribution < 1.29 is 16.8 Å². The monoisotopic (exact) mass is 280 g/mol. The maximum Gasteiger partial charge on any atom is 0.273 e. The van der Waals surface area contributed by atoms with Crippen molar-refractivity contribution in [3.05, 3.63) is 5.82 Å². The molecule has 0 spiro atoms. The van der Waals surface area contributed by atoms with E-state index in [1.54, 1.807) is 0 Å². The van der Waals surface area contributed by atoms with Gasteiger partial charge in [-0.15, -0.1) is 10.2 Å². The van der Waals surface area contributed by atoms with E-state index in [2.05, 4.69) is 10.2 Å². The summed E-state index contributed by atoms with van der Waals surface area (Å²) in [5.41, 5.74) is 0. The number of hydrogen-bond acceptors (Lipinski definition) is 6. The minimum Gasteiger partial charge on any atom is -0.304 e. The van der Waals surface area contributed by atoms with E-state index in [-0.39, 0.29) is 22.6 Å². The van der Waals surface area contributed by atoms with Crippen molar-refractivity contribution in [2.75, 3.05) is 11.5 Å². The van der Waals surface area contributed by atoms with Crippen molar-refractivity contribution >= 4 is 19.9 Å². The summed E-state index contributed by atoms with van der Waals surface area (Å²) in [4.78, 5) is 0. The van der Waals surface area contributed by atoms with Crippen LogP contribution in [0.4, 0.5) is 0 Å². The van der Waals surface area contributed by atoms with Crippen LogP contribution in [-0.2, 0) is 26.9 Å². The number of hydrogen-bond donors (Lipinski definition) is 1. The van der Waals surface area contributed by atoms with Gasteiger partial charge in [-0.05, 0) is 6.42 Å². The molecule has 0 aromatic carbocycles. The first-order valence-electron chi connectivity index (χ1n) is 4.83. The lowest BCUT2D eigenvalue weighted by molar-refractivity contribution is 0.574. The van der Waals surface area contributed by atoms with Gasteiger partial charge in [-0.3, -0.25) is 0 Å². The second-order valence-electron chi connectivity index (χ2n) is 4.04. The summed E-state index contributed by atoms with van der Waals surface area (Å²) in [6.07, 6.45) is 0.429. The molecule has 17 heavy (non-hydrogen) atoms. The first-order valence-corrected chi connectivity index (χ1v) is 8.20. The third-order valence-corrected chi connectivity index (χ3v) is 5.35. The Morgan fingerprint density at radius 3 is 2.47 bits per heavy atom. The van der Waals surface area contributed by atoms with Gasteiger partial charge >= 0.3 is 0 Å². The Morgan fingerprint density at radius 1 is 1.41 bits per heavy atom. The van der Waals surface area contributed by atoms with E-state index in [4.69, 9.17) is 5.14 Å². The van der Waals surface area contributed by atoms with Gasteiger partial charge in [0.25, 0.3) is 15.2 Å². The summed E-state index contributed by atoms with van der Waals surface area (Å²) in [5, 5.41) is 11.8. The molecule has 1 aliphatic rings. The van der Waals surface area contributed by atoms with E-state index >= 15 is 0 Å². The maximum atomic E-state index is 11.3. The molecule has 1 atom stereocenters. The Balaban J connectivity index is 2.40. The Bertz CT molecular complexity index is 645. The average Bonchev–Trinajstić information content (AvgIpc) is 2.67. The standard InChI is InChI=1S/C7H12N4O4S2/c1-11-6(5-2-3-16(12,13)4-5)9-10-7(11)17(8,14)15/h5H,2-4H2,1H3,(H2,8,14,15). The van der Waals surface area contributed by atoms with Gasteiger partial charge in [-0.2, -0.15) is 0 Å². The van der Waals surface area contributed by atoms with Gasteiger partial charge in [0.05, 0.1) is 11.5 Å². The molecular formula is C7H12N4O4S2. The number of sulfonamides is 1. The highest BCUT2D eigenvalue weighted by molar-refractivity contribution is 7.91. The molecule has 1 aromatic rings. The zero-order valence-corrected chi connectivity index (χ0v) is 10.7. The predicted molar refractivity (Wildman–Crippen MR) is 58.4 cm³/mol. The SMILES string of the molecule is Cn1c(C2CCS(=O)(=O)C2)nnc1S(N)(=O)=O. The minimum atomic E-state index is -3.93. The minimum absolute atomic E-state index is 0.0242. The molecule has 0 aliphatic carbocycles. The highest BCUT2D eigenvalue weighted by Crippen LogP contribution is 2.27. The number of primary sulfonamides is 1. The van der Waals surface area contributed by atoms with E-state index in [9.17, 15) is 16.8 Å². The van der Waals surface area contributed by atoms with Crippen molar-refractivity contribution in [2.45, 2.75) is 17.5 Å². The summed E-state index contributed by atoms with van der Waals surface area (Å²) in [5.74, 6) is 0.0989. The fourth-order valence-corrected chi connectivity index (χ4v) is 4.30. The van der Waals surface area contributed by atoms with E-state index in [0.29, 0.717) is 12.2 Å². The van der Waals surface area contributed by atoms with Gasteiger partial charge in [0.1, 0.15) is 5.82 Å². The maximum absolute atomic E-state index is 11.3. The van der Waals surface area contributed by atoms with Crippen LogP contribution in [0.1, 0.15) is 18.2 Å². The van der Waals surface area contributed by atoms with Crippen LogP contribution in [0.5, 0.6) is 0 Å². The number of sulfone groups is 1. The van der Waals surface area contributed by atoms with Gasteiger partial charge in [0, 0.05) is 13.0 Å². The molecule has 0 bridgehead atoms. The van der Waals surface area contributed by atoms with Gasteiger partial charge in [-0.1, -0.05) is 0 Å². The summed E-state index contributed by atoms with van der Waals surface area (Å²) >= 11 is 0. The summed E-state index contributed by atoms with van der Waals surface area (Å²) in [6.45, 7) is 0. The Morgan fingerprint density at radius 2 is 2.06 bits per heavy atom. The molecule has 1 fully saturated rings. The summed E-state index contributed by atoms with van der Waals surface area (Å²) in [7, 11) is -5.52. The number of nitrogens with two attached hydrogens (primary N) is 1. The molecule has 1 aromatic heterocycles. The number of rotatable bonds is 2. The van der Waals surface area contributed by atoms with Crippen LogP contribution in [0.25, 0.3) is 0 Å². The highest BCUT2D eigenvalue weighted by atomic mass is 32.2. The van der Waals surface area contributed by atoms with Crippen molar-refractivity contribution in [2.24, 2.45) is 12.2 Å². The molecule has 8 nitrogen and oxygen atoms in total. The molecule has 1 unspecified atom stereocenters. The lowest BCUT2D eigenvalue weighted by Gasteiger charge is -2.06. The molecule has 2 N–H and O–H groups in total. The Hall–Kier alpha value is -1.00. The quantitative estimate of drug-likeness (QED) is 0.693. The molecule has 1 saturated heterocycles. The van der Waals surface area contributed by atoms with E-state index in [0.717, 1.165) is 0 Å². The van der Waals surface area contributed by atoms with Gasteiger partial charge in [-0.25, -0.2) is 22.0 Å². The van der Waals surface area contributed by atoms with Gasteiger partial charge < -0.3 is 4.57 Å². The second kappa shape index (κ2) is 3.75. The Kier molecular flexibility index (Phi) is 2.75. The topological polar surface area (TPSA) is 125 Å². The van der Waals surface area contributed by atoms with Crippen LogP contribution >= 0.6 is 0 Å². The van der Waals surface area contributed by atoms with Crippen LogP contribution in [0.15, 0.2) is 5.16 Å². The predicted octanol–water partition coefficient (Wildman–Crippen LogP) is -1.64. The van der Waals surface area contributed by atoms with E-state index in [1.165, 1.54) is 11.6 Å². The number of aromatic nitrogens is 3. The normalized spacial score (nSPS) is 24.0. The zero-order valence-electron chi connectivity index (χ0n) is 9.07. The molecule has 2 rings (SSSR count). The summed E-state index contributed by atoms with van der Waals surface area (Å²) < 4.78 is 46.2. The molecule has 0 radical (unpaired) electrons. The first kappa shape index (κ1) is 12.5. The van der Waals surface area contributed by atoms with Crippen molar-refractivity contribution in [1.29, 1.82) is 0 Å². The van der Waals surface area contributed by atoms with Gasteiger partial charge in [0.2, 0.25) is 0 Å². The molecule has 10 heteroatoms. The number of nitrogens with zero attached hydrogens (tertiary/aromatic N) is 3. The fraction of sp³-hybridized carbons (Fsp3) is 0.714. The van der Waals surface area contributed by atoms with E-state index < -0.39 is 19.9 Å². The fourth-order valence-electron chi connectivity index (χ4n) is 1.93. The van der Waals surface area contributed by atoms with Crippen LogP contribution in [0.2, 0.25) is 0 Å². The van der Waals surface area contributed by atoms with Gasteiger partial charge in [0.15, 0.2) is 9.84 Å². The second-order valence-corrected chi connectivity index (χ2v) is 7.73. The molecule has 0 amide bonds. The lowest BCUT2D eigenvalue weighted by Crippen LogP contribution is -2.18. The van der Waals surface area contributed by atoms with Crippen LogP contribution in [0.3, 0.4) is 0 Å². The average molecular weight is 280 g/mol.